The van der Waals surface area contributed by atoms with Gasteiger partial charge < -0.3 is 4.74 Å². The van der Waals surface area contributed by atoms with Crippen LogP contribution in [0.15, 0.2) is 29.4 Å². The Labute approximate surface area is 119 Å². The van der Waals surface area contributed by atoms with Crippen LogP contribution in [-0.4, -0.2) is 39.7 Å². The van der Waals surface area contributed by atoms with Gasteiger partial charge in [-0.15, -0.1) is 0 Å². The molecule has 0 N–H and O–H groups in total. The average Bonchev–Trinajstić information content (AvgIpc) is 2.67. The highest BCUT2D eigenvalue weighted by Gasteiger charge is 2.33. The Kier molecular flexibility index (Phi) is 4.28. The average molecular weight is 294 g/mol. The number of carbonyl (C=O) groups is 2. The van der Waals surface area contributed by atoms with Crippen molar-refractivity contribution in [2.45, 2.75) is 0 Å². The predicted octanol–water partition coefficient (Wildman–Crippen LogP) is 1.46. The third-order valence-corrected chi connectivity index (χ3v) is 3.75. The van der Waals surface area contributed by atoms with Crippen LogP contribution in [0.25, 0.3) is 6.08 Å². The zero-order valence-corrected chi connectivity index (χ0v) is 11.7. The van der Waals surface area contributed by atoms with Crippen LogP contribution in [0.3, 0.4) is 0 Å². The number of thiocarbonyl (C=S) groups is 1. The standard InChI is InChI=1S/C12H10N2O3S2/c1-17-10(15)7-14-11(16)9(19-12(14)18)5-8-3-2-4-13-6-8/h2-6H,7H2,1H3. The highest BCUT2D eigenvalue weighted by molar-refractivity contribution is 8.26. The molecule has 0 saturated carbocycles. The van der Waals surface area contributed by atoms with E-state index in [1.165, 1.54) is 12.0 Å². The van der Waals surface area contributed by atoms with Crippen molar-refractivity contribution in [1.82, 2.24) is 9.88 Å². The Morgan fingerprint density at radius 2 is 2.42 bits per heavy atom. The Morgan fingerprint density at radius 1 is 1.63 bits per heavy atom. The van der Waals surface area contributed by atoms with Crippen LogP contribution in [0.4, 0.5) is 0 Å². The summed E-state index contributed by atoms with van der Waals surface area (Å²) in [5.41, 5.74) is 0.807. The van der Waals surface area contributed by atoms with Gasteiger partial charge in [-0.05, 0) is 17.7 Å². The number of aromatic nitrogens is 1. The molecule has 1 aromatic rings. The largest absolute Gasteiger partial charge is 0.468 e. The number of amides is 1. The number of thioether (sulfide) groups is 1. The first-order valence-electron chi connectivity index (χ1n) is 5.34. The lowest BCUT2D eigenvalue weighted by Gasteiger charge is -2.11. The van der Waals surface area contributed by atoms with Crippen molar-refractivity contribution in [3.05, 3.63) is 35.0 Å². The molecule has 1 aromatic heterocycles. The Morgan fingerprint density at radius 3 is 3.05 bits per heavy atom. The summed E-state index contributed by atoms with van der Waals surface area (Å²) in [6, 6.07) is 3.61. The number of methoxy groups -OCH3 is 1. The third-order valence-electron chi connectivity index (χ3n) is 2.37. The van der Waals surface area contributed by atoms with E-state index in [-0.39, 0.29) is 12.5 Å². The second-order valence-electron chi connectivity index (χ2n) is 3.63. The molecule has 1 amide bonds. The fraction of sp³-hybridized carbons (Fsp3) is 0.167. The normalized spacial score (nSPS) is 17.1. The minimum Gasteiger partial charge on any atom is -0.468 e. The van der Waals surface area contributed by atoms with Crippen molar-refractivity contribution < 1.29 is 14.3 Å². The van der Waals surface area contributed by atoms with Gasteiger partial charge in [0.2, 0.25) is 0 Å². The Hall–Kier alpha value is -1.73. The van der Waals surface area contributed by atoms with Crippen molar-refractivity contribution in [2.75, 3.05) is 13.7 Å². The van der Waals surface area contributed by atoms with Gasteiger partial charge in [-0.1, -0.05) is 30.0 Å². The highest BCUT2D eigenvalue weighted by atomic mass is 32.2. The number of nitrogens with zero attached hydrogens (tertiary/aromatic N) is 2. The van der Waals surface area contributed by atoms with Crippen LogP contribution in [0.1, 0.15) is 5.56 Å². The monoisotopic (exact) mass is 294 g/mol. The minimum absolute atomic E-state index is 0.161. The second kappa shape index (κ2) is 5.94. The van der Waals surface area contributed by atoms with Crippen molar-refractivity contribution in [1.29, 1.82) is 0 Å². The van der Waals surface area contributed by atoms with E-state index in [1.54, 1.807) is 24.5 Å². The number of hydrogen-bond donors (Lipinski definition) is 0. The summed E-state index contributed by atoms with van der Waals surface area (Å²) in [6.45, 7) is -0.161. The first kappa shape index (κ1) is 13.7. The van der Waals surface area contributed by atoms with E-state index in [4.69, 9.17) is 12.2 Å². The summed E-state index contributed by atoms with van der Waals surface area (Å²) >= 11 is 6.24. The molecule has 1 aliphatic heterocycles. The van der Waals surface area contributed by atoms with Gasteiger partial charge in [0, 0.05) is 12.4 Å². The van der Waals surface area contributed by atoms with Gasteiger partial charge in [0.05, 0.1) is 12.0 Å². The Bertz CT molecular complexity index is 557. The van der Waals surface area contributed by atoms with Gasteiger partial charge in [-0.2, -0.15) is 0 Å². The summed E-state index contributed by atoms with van der Waals surface area (Å²) in [4.78, 5) is 29.0. The summed E-state index contributed by atoms with van der Waals surface area (Å²) in [5, 5.41) is 0. The number of hydrogen-bond acceptors (Lipinski definition) is 6. The summed E-state index contributed by atoms with van der Waals surface area (Å²) in [7, 11) is 1.27. The van der Waals surface area contributed by atoms with Gasteiger partial charge in [0.25, 0.3) is 5.91 Å². The molecule has 1 fully saturated rings. The quantitative estimate of drug-likeness (QED) is 0.478. The lowest BCUT2D eigenvalue weighted by atomic mass is 10.2. The SMILES string of the molecule is COC(=O)CN1C(=O)C(=Cc2cccnc2)SC1=S. The fourth-order valence-corrected chi connectivity index (χ4v) is 2.70. The van der Waals surface area contributed by atoms with Gasteiger partial charge >= 0.3 is 5.97 Å². The Balaban J connectivity index is 2.18. The van der Waals surface area contributed by atoms with E-state index < -0.39 is 5.97 Å². The van der Waals surface area contributed by atoms with Gasteiger partial charge in [0.1, 0.15) is 10.9 Å². The topological polar surface area (TPSA) is 59.5 Å². The first-order chi connectivity index (χ1) is 9.11. The maximum atomic E-state index is 12.1. The van der Waals surface area contributed by atoms with E-state index in [0.717, 1.165) is 17.3 Å². The fourth-order valence-electron chi connectivity index (χ4n) is 1.44. The maximum absolute atomic E-state index is 12.1. The first-order valence-corrected chi connectivity index (χ1v) is 6.56. The number of ether oxygens (including phenoxy) is 1. The molecule has 0 spiro atoms. The maximum Gasteiger partial charge on any atom is 0.325 e. The zero-order valence-electron chi connectivity index (χ0n) is 10.0. The molecule has 19 heavy (non-hydrogen) atoms. The number of pyridine rings is 1. The molecular formula is C12H10N2O3S2. The molecule has 2 rings (SSSR count). The van der Waals surface area contributed by atoms with E-state index in [9.17, 15) is 9.59 Å². The van der Waals surface area contributed by atoms with E-state index >= 15 is 0 Å². The molecule has 0 bridgehead atoms. The predicted molar refractivity (Wildman–Crippen MR) is 76.1 cm³/mol. The van der Waals surface area contributed by atoms with E-state index in [2.05, 4.69) is 9.72 Å². The lowest BCUT2D eigenvalue weighted by molar-refractivity contribution is -0.143. The highest BCUT2D eigenvalue weighted by Crippen LogP contribution is 2.32. The van der Waals surface area contributed by atoms with Gasteiger partial charge in [0.15, 0.2) is 0 Å². The lowest BCUT2D eigenvalue weighted by Crippen LogP contribution is -2.33. The van der Waals surface area contributed by atoms with Crippen molar-refractivity contribution in [2.24, 2.45) is 0 Å². The molecule has 1 saturated heterocycles. The summed E-state index contributed by atoms with van der Waals surface area (Å²) in [5.74, 6) is -0.789. The van der Waals surface area contributed by atoms with Crippen molar-refractivity contribution in [3.63, 3.8) is 0 Å². The number of rotatable bonds is 3. The molecule has 1 aliphatic rings. The molecule has 0 radical (unpaired) electrons. The second-order valence-corrected chi connectivity index (χ2v) is 5.31. The van der Waals surface area contributed by atoms with Crippen LogP contribution in [0.2, 0.25) is 0 Å². The van der Waals surface area contributed by atoms with Crippen LogP contribution in [0, 0.1) is 0 Å². The molecule has 0 unspecified atom stereocenters. The van der Waals surface area contributed by atoms with Gasteiger partial charge in [-0.3, -0.25) is 19.5 Å². The molecule has 0 aliphatic carbocycles. The molecule has 7 heteroatoms. The van der Waals surface area contributed by atoms with Gasteiger partial charge in [-0.25, -0.2) is 0 Å². The third kappa shape index (κ3) is 3.18. The van der Waals surface area contributed by atoms with E-state index in [0.29, 0.717) is 9.23 Å². The van der Waals surface area contributed by atoms with Crippen LogP contribution < -0.4 is 0 Å². The van der Waals surface area contributed by atoms with Crippen molar-refractivity contribution in [3.8, 4) is 0 Å². The molecule has 0 atom stereocenters. The molecule has 98 valence electrons. The minimum atomic E-state index is -0.501. The molecular weight excluding hydrogens is 284 g/mol. The van der Waals surface area contributed by atoms with Crippen LogP contribution in [-0.2, 0) is 14.3 Å². The van der Waals surface area contributed by atoms with Crippen molar-refractivity contribution >= 4 is 46.3 Å². The van der Waals surface area contributed by atoms with Crippen LogP contribution in [0.5, 0.6) is 0 Å². The van der Waals surface area contributed by atoms with Crippen LogP contribution >= 0.6 is 24.0 Å². The molecule has 0 aromatic carbocycles. The summed E-state index contributed by atoms with van der Waals surface area (Å²) in [6.07, 6.45) is 5.00. The zero-order chi connectivity index (χ0) is 13.8. The molecule has 2 heterocycles. The summed E-state index contributed by atoms with van der Waals surface area (Å²) < 4.78 is 4.88. The number of esters is 1. The molecule has 5 nitrogen and oxygen atoms in total. The smallest absolute Gasteiger partial charge is 0.325 e. The van der Waals surface area contributed by atoms with E-state index in [1.807, 2.05) is 6.07 Å². The number of carbonyl (C=O) groups excluding carboxylic acids is 2.